The number of carboxylic acids is 1. The van der Waals surface area contributed by atoms with Crippen LogP contribution in [0.1, 0.15) is 63.4 Å². The van der Waals surface area contributed by atoms with Crippen molar-refractivity contribution in [2.45, 2.75) is 57.8 Å². The minimum Gasteiger partial charge on any atom is -0.550 e. The van der Waals surface area contributed by atoms with Crippen molar-refractivity contribution in [3.05, 3.63) is 34.7 Å². The maximum Gasteiger partial charge on any atom is 0.266 e. The van der Waals surface area contributed by atoms with Crippen LogP contribution in [0.5, 0.6) is 5.75 Å². The van der Waals surface area contributed by atoms with Crippen LogP contribution in [0.2, 0.25) is 0 Å². The van der Waals surface area contributed by atoms with E-state index in [-0.39, 0.29) is 18.1 Å². The SMILES string of the molecule is O=C([O-])CCCCCCCCCCN1C(=O)/C(=C/c2cccc(O)c2)SC1=S. The van der Waals surface area contributed by atoms with Crippen LogP contribution in [0, 0.1) is 0 Å². The van der Waals surface area contributed by atoms with Crippen LogP contribution in [0.4, 0.5) is 0 Å². The molecule has 0 radical (unpaired) electrons. The summed E-state index contributed by atoms with van der Waals surface area (Å²) in [7, 11) is 0. The number of phenolic OH excluding ortho intramolecular Hbond substituents is 1. The van der Waals surface area contributed by atoms with Gasteiger partial charge in [0, 0.05) is 12.5 Å². The molecule has 1 heterocycles. The smallest absolute Gasteiger partial charge is 0.266 e. The van der Waals surface area contributed by atoms with E-state index in [1.165, 1.54) is 11.8 Å². The van der Waals surface area contributed by atoms with Crippen molar-refractivity contribution >= 4 is 46.3 Å². The highest BCUT2D eigenvalue weighted by Gasteiger charge is 2.31. The Kier molecular flexibility index (Phi) is 9.50. The van der Waals surface area contributed by atoms with Gasteiger partial charge in [0.05, 0.1) is 4.91 Å². The molecule has 0 spiro atoms. The van der Waals surface area contributed by atoms with Gasteiger partial charge in [-0.1, -0.05) is 74.6 Å². The van der Waals surface area contributed by atoms with Gasteiger partial charge in [-0.25, -0.2) is 0 Å². The van der Waals surface area contributed by atoms with Crippen molar-refractivity contribution in [1.82, 2.24) is 4.90 Å². The fourth-order valence-electron chi connectivity index (χ4n) is 3.06. The second-order valence-corrected chi connectivity index (χ2v) is 8.55. The van der Waals surface area contributed by atoms with E-state index < -0.39 is 5.97 Å². The van der Waals surface area contributed by atoms with Gasteiger partial charge in [0.25, 0.3) is 5.91 Å². The molecule has 1 N–H and O–H groups in total. The number of nitrogens with zero attached hydrogens (tertiary/aromatic N) is 1. The number of hydrogen-bond donors (Lipinski definition) is 1. The zero-order valence-corrected chi connectivity index (χ0v) is 17.5. The number of rotatable bonds is 12. The van der Waals surface area contributed by atoms with Gasteiger partial charge in [0.1, 0.15) is 10.1 Å². The third-order valence-electron chi connectivity index (χ3n) is 4.55. The van der Waals surface area contributed by atoms with Crippen molar-refractivity contribution in [3.8, 4) is 5.75 Å². The predicted molar refractivity (Wildman–Crippen MR) is 115 cm³/mol. The highest BCUT2D eigenvalue weighted by molar-refractivity contribution is 8.26. The standard InChI is InChI=1S/C21H27NO4S2/c23-17-11-9-10-16(14-17)15-18-20(26)22(21(27)28-18)13-8-6-4-2-1-3-5-7-12-19(24)25/h9-11,14-15,23H,1-8,12-13H2,(H,24,25)/p-1/b18-15-. The predicted octanol–water partition coefficient (Wildman–Crippen LogP) is 3.85. The molecule has 0 saturated carbocycles. The molecule has 0 atom stereocenters. The molecule has 0 aliphatic carbocycles. The van der Waals surface area contributed by atoms with Gasteiger partial charge < -0.3 is 15.0 Å². The number of benzene rings is 1. The summed E-state index contributed by atoms with van der Waals surface area (Å²) in [4.78, 5) is 25.1. The number of thioether (sulfide) groups is 1. The van der Waals surface area contributed by atoms with Crippen LogP contribution in [0.25, 0.3) is 6.08 Å². The minimum atomic E-state index is -0.965. The van der Waals surface area contributed by atoms with Gasteiger partial charge in [-0.05, 0) is 43.0 Å². The molecule has 1 amide bonds. The van der Waals surface area contributed by atoms with Crippen LogP contribution in [0.3, 0.4) is 0 Å². The summed E-state index contributed by atoms with van der Waals surface area (Å²) in [5, 5.41) is 19.9. The van der Waals surface area contributed by atoms with Crippen molar-refractivity contribution in [1.29, 1.82) is 0 Å². The van der Waals surface area contributed by atoms with Crippen molar-refractivity contribution in [3.63, 3.8) is 0 Å². The van der Waals surface area contributed by atoms with Crippen LogP contribution in [-0.2, 0) is 9.59 Å². The number of aliphatic carboxylic acids is 1. The molecule has 2 rings (SSSR count). The van der Waals surface area contributed by atoms with E-state index in [0.717, 1.165) is 50.5 Å². The molecule has 28 heavy (non-hydrogen) atoms. The number of carbonyl (C=O) groups is 2. The van der Waals surface area contributed by atoms with E-state index in [9.17, 15) is 19.8 Å². The van der Waals surface area contributed by atoms with Gasteiger partial charge in [-0.15, -0.1) is 0 Å². The Bertz CT molecular complexity index is 733. The van der Waals surface area contributed by atoms with Crippen LogP contribution in [0.15, 0.2) is 29.2 Å². The number of hydrogen-bond acceptors (Lipinski definition) is 6. The molecule has 1 saturated heterocycles. The molecular formula is C21H26NO4S2-. The largest absolute Gasteiger partial charge is 0.550 e. The first-order valence-corrected chi connectivity index (χ1v) is 10.9. The van der Waals surface area contributed by atoms with Gasteiger partial charge >= 0.3 is 0 Å². The van der Waals surface area contributed by atoms with E-state index in [2.05, 4.69) is 0 Å². The van der Waals surface area contributed by atoms with Crippen molar-refractivity contribution < 1.29 is 19.8 Å². The molecule has 1 aliphatic heterocycles. The first-order valence-electron chi connectivity index (χ1n) is 9.71. The lowest BCUT2D eigenvalue weighted by Gasteiger charge is -2.14. The third kappa shape index (κ3) is 7.64. The number of carboxylic acid groups (broad SMARTS) is 1. The van der Waals surface area contributed by atoms with E-state index in [1.54, 1.807) is 29.2 Å². The first-order chi connectivity index (χ1) is 13.5. The van der Waals surface area contributed by atoms with Crippen LogP contribution < -0.4 is 5.11 Å². The van der Waals surface area contributed by atoms with E-state index in [1.807, 2.05) is 6.07 Å². The van der Waals surface area contributed by atoms with Gasteiger partial charge in [0.15, 0.2) is 0 Å². The zero-order valence-electron chi connectivity index (χ0n) is 15.9. The van der Waals surface area contributed by atoms with Gasteiger partial charge in [0.2, 0.25) is 0 Å². The van der Waals surface area contributed by atoms with E-state index >= 15 is 0 Å². The lowest BCUT2D eigenvalue weighted by molar-refractivity contribution is -0.305. The van der Waals surface area contributed by atoms with Crippen molar-refractivity contribution in [2.24, 2.45) is 0 Å². The molecule has 0 aromatic heterocycles. The summed E-state index contributed by atoms with van der Waals surface area (Å²) in [5.74, 6) is -0.859. The molecule has 1 aromatic rings. The first kappa shape index (κ1) is 22.4. The molecule has 1 fully saturated rings. The van der Waals surface area contributed by atoms with Crippen molar-refractivity contribution in [2.75, 3.05) is 6.54 Å². The molecule has 152 valence electrons. The van der Waals surface area contributed by atoms with Crippen LogP contribution in [-0.4, -0.2) is 32.7 Å². The quantitative estimate of drug-likeness (QED) is 0.314. The van der Waals surface area contributed by atoms with Crippen LogP contribution >= 0.6 is 24.0 Å². The third-order valence-corrected chi connectivity index (χ3v) is 5.93. The molecule has 0 bridgehead atoms. The summed E-state index contributed by atoms with van der Waals surface area (Å²) in [6, 6.07) is 6.79. The highest BCUT2D eigenvalue weighted by atomic mass is 32.2. The fourth-order valence-corrected chi connectivity index (χ4v) is 4.37. The monoisotopic (exact) mass is 420 g/mol. The number of aromatic hydroxyl groups is 1. The second-order valence-electron chi connectivity index (χ2n) is 6.88. The number of thiocarbonyl (C=S) groups is 1. The average molecular weight is 421 g/mol. The maximum absolute atomic E-state index is 12.6. The average Bonchev–Trinajstić information content (AvgIpc) is 2.90. The lowest BCUT2D eigenvalue weighted by Crippen LogP contribution is -2.29. The van der Waals surface area contributed by atoms with E-state index in [0.29, 0.717) is 22.2 Å². The Morgan fingerprint density at radius 3 is 2.39 bits per heavy atom. The second kappa shape index (κ2) is 11.9. The van der Waals surface area contributed by atoms with Gasteiger partial charge in [-0.2, -0.15) is 0 Å². The summed E-state index contributed by atoms with van der Waals surface area (Å²) < 4.78 is 0.587. The molecule has 1 aromatic carbocycles. The number of amides is 1. The minimum absolute atomic E-state index is 0.0636. The van der Waals surface area contributed by atoms with E-state index in [4.69, 9.17) is 12.2 Å². The molecule has 5 nitrogen and oxygen atoms in total. The number of carbonyl (C=O) groups excluding carboxylic acids is 2. The molecule has 7 heteroatoms. The summed E-state index contributed by atoms with van der Waals surface area (Å²) >= 11 is 6.65. The topological polar surface area (TPSA) is 80.7 Å². The highest BCUT2D eigenvalue weighted by Crippen LogP contribution is 2.33. The summed E-state index contributed by atoms with van der Waals surface area (Å²) in [6.07, 6.45) is 9.92. The maximum atomic E-state index is 12.6. The fraction of sp³-hybridized carbons (Fsp3) is 0.476. The summed E-state index contributed by atoms with van der Waals surface area (Å²) in [6.45, 7) is 0.633. The molecule has 0 unspecified atom stereocenters. The Morgan fingerprint density at radius 2 is 1.75 bits per heavy atom. The Balaban J connectivity index is 1.64. The number of phenols is 1. The zero-order chi connectivity index (χ0) is 20.4. The Labute approximate surface area is 175 Å². The Morgan fingerprint density at radius 1 is 1.11 bits per heavy atom. The molecule has 1 aliphatic rings. The lowest BCUT2D eigenvalue weighted by atomic mass is 10.1. The Hall–Kier alpha value is -1.86. The summed E-state index contributed by atoms with van der Waals surface area (Å²) in [5.41, 5.74) is 0.778. The van der Waals surface area contributed by atoms with Gasteiger partial charge in [-0.3, -0.25) is 9.69 Å². The number of unbranched alkanes of at least 4 members (excludes halogenated alkanes) is 7. The molecular weight excluding hydrogens is 394 g/mol. The normalized spacial score (nSPS) is 15.6.